The van der Waals surface area contributed by atoms with E-state index in [9.17, 15) is 9.35 Å². The molecule has 1 aromatic carbocycles. The van der Waals surface area contributed by atoms with Crippen LogP contribution in [0, 0.1) is 0 Å². The fourth-order valence-corrected chi connectivity index (χ4v) is 6.01. The number of amides is 1. The molecule has 1 fully saturated rings. The summed E-state index contributed by atoms with van der Waals surface area (Å²) < 4.78 is 18.0. The Hall–Kier alpha value is -1.77. The van der Waals surface area contributed by atoms with E-state index in [1.54, 1.807) is 11.3 Å². The topological polar surface area (TPSA) is 100 Å². The number of hydrogen-bond acceptors (Lipinski definition) is 6. The number of nitrogens with two attached hydrogens (primary N) is 1. The van der Waals surface area contributed by atoms with E-state index in [2.05, 4.69) is 10.3 Å². The normalized spacial score (nSPS) is 20.4. The van der Waals surface area contributed by atoms with E-state index in [1.165, 1.54) is 0 Å². The number of nitrogen functional groups attached to an aromatic ring is 1. The van der Waals surface area contributed by atoms with E-state index >= 15 is 0 Å². The molecule has 0 spiro atoms. The number of thiazole rings is 1. The summed E-state index contributed by atoms with van der Waals surface area (Å²) in [5, 5.41) is 4.09. The molecule has 1 atom stereocenters. The smallest absolute Gasteiger partial charge is 0.407 e. The quantitative estimate of drug-likeness (QED) is 0.474. The highest BCUT2D eigenvalue weighted by Gasteiger charge is 2.27. The Labute approximate surface area is 185 Å². The van der Waals surface area contributed by atoms with Crippen LogP contribution in [-0.4, -0.2) is 33.0 Å². The second-order valence-corrected chi connectivity index (χ2v) is 11.4. The lowest BCUT2D eigenvalue weighted by Gasteiger charge is -2.28. The molecule has 6 nitrogen and oxygen atoms in total. The molecule has 3 rings (SSSR count). The fraction of sp³-hybridized carbons (Fsp3) is 0.545. The van der Waals surface area contributed by atoms with Gasteiger partial charge in [0.1, 0.15) is 5.25 Å². The SMILES string of the molecule is CC(C)OC(=O)NC1CCC(c2ncc(-c3ccc(N)cc3[S+]([O-])C(C)C)s2)CC1. The maximum atomic E-state index is 12.8. The van der Waals surface area contributed by atoms with Gasteiger partial charge in [-0.25, -0.2) is 9.78 Å². The first-order chi connectivity index (χ1) is 14.2. The molecule has 1 aliphatic carbocycles. The number of ether oxygens (including phenoxy) is 1. The number of nitrogens with one attached hydrogen (secondary N) is 1. The van der Waals surface area contributed by atoms with Crippen LogP contribution in [0.1, 0.15) is 64.3 Å². The van der Waals surface area contributed by atoms with Gasteiger partial charge in [0.05, 0.1) is 16.0 Å². The van der Waals surface area contributed by atoms with Crippen LogP contribution in [0.2, 0.25) is 0 Å². The van der Waals surface area contributed by atoms with Gasteiger partial charge >= 0.3 is 6.09 Å². The molecule has 1 aromatic heterocycles. The lowest BCUT2D eigenvalue weighted by atomic mass is 9.86. The summed E-state index contributed by atoms with van der Waals surface area (Å²) in [6.45, 7) is 7.59. The van der Waals surface area contributed by atoms with Crippen molar-refractivity contribution in [3.8, 4) is 10.4 Å². The molecule has 1 aliphatic rings. The van der Waals surface area contributed by atoms with Crippen LogP contribution in [-0.2, 0) is 15.9 Å². The van der Waals surface area contributed by atoms with Gasteiger partial charge in [0.15, 0.2) is 4.90 Å². The van der Waals surface area contributed by atoms with Gasteiger partial charge in [0.25, 0.3) is 0 Å². The highest BCUT2D eigenvalue weighted by atomic mass is 32.2. The molecule has 1 saturated carbocycles. The Morgan fingerprint density at radius 2 is 1.97 bits per heavy atom. The summed E-state index contributed by atoms with van der Waals surface area (Å²) >= 11 is 0.546. The first kappa shape index (κ1) is 22.9. The highest BCUT2D eigenvalue weighted by molar-refractivity contribution is 7.92. The van der Waals surface area contributed by atoms with Crippen molar-refractivity contribution in [2.45, 2.75) is 81.6 Å². The number of carbonyl (C=O) groups excluding carboxylic acids is 1. The van der Waals surface area contributed by atoms with Gasteiger partial charge in [-0.15, -0.1) is 11.3 Å². The number of aromatic nitrogens is 1. The summed E-state index contributed by atoms with van der Waals surface area (Å²) in [7, 11) is 0. The highest BCUT2D eigenvalue weighted by Crippen LogP contribution is 2.40. The van der Waals surface area contributed by atoms with Crippen molar-refractivity contribution in [2.75, 3.05) is 5.73 Å². The Morgan fingerprint density at radius 1 is 1.27 bits per heavy atom. The number of rotatable bonds is 6. The van der Waals surface area contributed by atoms with Crippen molar-refractivity contribution in [3.63, 3.8) is 0 Å². The van der Waals surface area contributed by atoms with Crippen molar-refractivity contribution in [1.29, 1.82) is 0 Å². The zero-order chi connectivity index (χ0) is 21.8. The number of hydrogen-bond donors (Lipinski definition) is 2. The third kappa shape index (κ3) is 5.68. The van der Waals surface area contributed by atoms with E-state index in [0.29, 0.717) is 11.6 Å². The lowest BCUT2D eigenvalue weighted by Crippen LogP contribution is -2.38. The van der Waals surface area contributed by atoms with Gasteiger partial charge in [0.2, 0.25) is 0 Å². The minimum atomic E-state index is -1.12. The Balaban J connectivity index is 1.68. The fourth-order valence-electron chi connectivity index (χ4n) is 3.66. The van der Waals surface area contributed by atoms with Crippen LogP contribution in [0.15, 0.2) is 29.3 Å². The molecule has 0 aliphatic heterocycles. The van der Waals surface area contributed by atoms with E-state index < -0.39 is 11.2 Å². The zero-order valence-corrected chi connectivity index (χ0v) is 19.6. The van der Waals surface area contributed by atoms with Gasteiger partial charge < -0.3 is 20.3 Å². The van der Waals surface area contributed by atoms with Crippen molar-refractivity contribution in [3.05, 3.63) is 29.4 Å². The third-order valence-corrected chi connectivity index (χ3v) is 8.00. The molecule has 164 valence electrons. The second kappa shape index (κ2) is 10.0. The average Bonchev–Trinajstić information content (AvgIpc) is 3.17. The standard InChI is InChI=1S/C22H31N3O3S2/c1-13(2)28-22(26)25-17-8-5-15(6-9-17)21-24-12-19(29-21)18-10-7-16(23)11-20(18)30(27)14(3)4/h7,10-15,17H,5-6,8-9,23H2,1-4H3,(H,25,26). The van der Waals surface area contributed by atoms with E-state index in [4.69, 9.17) is 10.5 Å². The maximum absolute atomic E-state index is 12.8. The molecule has 2 aromatic rings. The molecule has 1 unspecified atom stereocenters. The van der Waals surface area contributed by atoms with Gasteiger partial charge in [-0.2, -0.15) is 0 Å². The molecule has 30 heavy (non-hydrogen) atoms. The first-order valence-electron chi connectivity index (χ1n) is 10.5. The number of carbonyl (C=O) groups is 1. The number of nitrogens with zero attached hydrogens (tertiary/aromatic N) is 1. The number of benzene rings is 1. The van der Waals surface area contributed by atoms with Crippen LogP contribution in [0.3, 0.4) is 0 Å². The Morgan fingerprint density at radius 3 is 2.60 bits per heavy atom. The monoisotopic (exact) mass is 449 g/mol. The zero-order valence-electron chi connectivity index (χ0n) is 18.0. The van der Waals surface area contributed by atoms with E-state index in [0.717, 1.165) is 46.0 Å². The van der Waals surface area contributed by atoms with Gasteiger partial charge in [-0.3, -0.25) is 0 Å². The summed E-state index contributed by atoms with van der Waals surface area (Å²) in [6, 6.07) is 5.77. The summed E-state index contributed by atoms with van der Waals surface area (Å²) in [5.41, 5.74) is 7.52. The largest absolute Gasteiger partial charge is 0.611 e. The van der Waals surface area contributed by atoms with E-state index in [1.807, 2.05) is 52.1 Å². The van der Waals surface area contributed by atoms with Crippen molar-refractivity contribution < 1.29 is 14.1 Å². The van der Waals surface area contributed by atoms with Crippen molar-refractivity contribution >= 4 is 34.3 Å². The van der Waals surface area contributed by atoms with Gasteiger partial charge in [-0.05, 0) is 76.7 Å². The van der Waals surface area contributed by atoms with Crippen molar-refractivity contribution in [2.24, 2.45) is 0 Å². The van der Waals surface area contributed by atoms with Crippen LogP contribution in [0.25, 0.3) is 10.4 Å². The predicted molar refractivity (Wildman–Crippen MR) is 123 cm³/mol. The summed E-state index contributed by atoms with van der Waals surface area (Å²) in [4.78, 5) is 18.3. The average molecular weight is 450 g/mol. The predicted octanol–water partition coefficient (Wildman–Crippen LogP) is 5.07. The Kier molecular flexibility index (Phi) is 7.65. The molecule has 1 amide bonds. The van der Waals surface area contributed by atoms with Gasteiger partial charge in [-0.1, -0.05) is 0 Å². The number of anilines is 1. The molecule has 8 heteroatoms. The minimum Gasteiger partial charge on any atom is -0.611 e. The molecule has 3 N–H and O–H groups in total. The third-order valence-electron chi connectivity index (χ3n) is 5.18. The molecule has 0 saturated heterocycles. The van der Waals surface area contributed by atoms with Crippen LogP contribution >= 0.6 is 11.3 Å². The maximum Gasteiger partial charge on any atom is 0.407 e. The number of alkyl carbamates (subject to hydrolysis) is 1. The Bertz CT molecular complexity index is 861. The molecule has 1 heterocycles. The van der Waals surface area contributed by atoms with Crippen LogP contribution in [0.4, 0.5) is 10.5 Å². The van der Waals surface area contributed by atoms with Crippen LogP contribution in [0.5, 0.6) is 0 Å². The molecule has 0 radical (unpaired) electrons. The molecule has 0 bridgehead atoms. The summed E-state index contributed by atoms with van der Waals surface area (Å²) in [6.07, 6.45) is 5.22. The first-order valence-corrected chi connectivity index (χ1v) is 12.5. The summed E-state index contributed by atoms with van der Waals surface area (Å²) in [5.74, 6) is 0.385. The lowest BCUT2D eigenvalue weighted by molar-refractivity contribution is 0.109. The molecular weight excluding hydrogens is 418 g/mol. The van der Waals surface area contributed by atoms with E-state index in [-0.39, 0.29) is 23.5 Å². The van der Waals surface area contributed by atoms with Crippen molar-refractivity contribution in [1.82, 2.24) is 10.3 Å². The molecular formula is C22H31N3O3S2. The van der Waals surface area contributed by atoms with Gasteiger partial charge in [0, 0.05) is 35.5 Å². The minimum absolute atomic E-state index is 0.0168. The second-order valence-electron chi connectivity index (χ2n) is 8.31. The van der Waals surface area contributed by atoms with Crippen LogP contribution < -0.4 is 11.1 Å².